The van der Waals surface area contributed by atoms with Crippen LogP contribution in [0.1, 0.15) is 25.8 Å². The Morgan fingerprint density at radius 1 is 1.11 bits per heavy atom. The zero-order valence-corrected chi connectivity index (χ0v) is 16.7. The fourth-order valence-corrected chi connectivity index (χ4v) is 3.76. The standard InChI is InChI=1S/C21H23N3O3S/c1-3-18(20(26)27-4-2)28-21-23-22-19(16-12-8-9-13-17(16)25)24(21)14-15-10-6-5-7-11-15/h5-13,18,25H,3-4,14H2,1-2H3/t18-/m1/s1. The number of thioether (sulfide) groups is 1. The van der Waals surface area contributed by atoms with Crippen molar-refractivity contribution < 1.29 is 14.6 Å². The molecule has 0 aliphatic rings. The van der Waals surface area contributed by atoms with Crippen molar-refractivity contribution in [1.82, 2.24) is 14.8 Å². The summed E-state index contributed by atoms with van der Waals surface area (Å²) < 4.78 is 7.11. The maximum Gasteiger partial charge on any atom is 0.319 e. The lowest BCUT2D eigenvalue weighted by atomic mass is 10.1. The summed E-state index contributed by atoms with van der Waals surface area (Å²) in [5.41, 5.74) is 1.67. The second kappa shape index (κ2) is 9.41. The number of esters is 1. The molecule has 1 N–H and O–H groups in total. The molecular weight excluding hydrogens is 374 g/mol. The minimum atomic E-state index is -0.365. The van der Waals surface area contributed by atoms with Crippen LogP contribution in [0, 0.1) is 0 Å². The van der Waals surface area contributed by atoms with Gasteiger partial charge in [0.25, 0.3) is 0 Å². The predicted molar refractivity (Wildman–Crippen MR) is 109 cm³/mol. The van der Waals surface area contributed by atoms with Gasteiger partial charge in [-0.3, -0.25) is 9.36 Å². The summed E-state index contributed by atoms with van der Waals surface area (Å²) in [6, 6.07) is 17.0. The number of ether oxygens (including phenoxy) is 1. The van der Waals surface area contributed by atoms with Crippen LogP contribution in [-0.2, 0) is 16.1 Å². The monoisotopic (exact) mass is 397 g/mol. The van der Waals surface area contributed by atoms with Crippen molar-refractivity contribution in [3.8, 4) is 17.1 Å². The molecule has 1 heterocycles. The summed E-state index contributed by atoms with van der Waals surface area (Å²) in [5.74, 6) is 0.440. The van der Waals surface area contributed by atoms with E-state index in [1.807, 2.05) is 47.9 Å². The Labute approximate surface area is 168 Å². The topological polar surface area (TPSA) is 77.2 Å². The molecule has 0 aliphatic carbocycles. The van der Waals surface area contributed by atoms with Crippen molar-refractivity contribution in [2.24, 2.45) is 0 Å². The first-order chi connectivity index (χ1) is 13.6. The highest BCUT2D eigenvalue weighted by atomic mass is 32.2. The van der Waals surface area contributed by atoms with Crippen molar-refractivity contribution in [3.05, 3.63) is 60.2 Å². The molecule has 0 spiro atoms. The van der Waals surface area contributed by atoms with Gasteiger partial charge in [-0.2, -0.15) is 0 Å². The van der Waals surface area contributed by atoms with Gasteiger partial charge in [0.05, 0.1) is 18.7 Å². The molecule has 1 atom stereocenters. The van der Waals surface area contributed by atoms with Gasteiger partial charge in [0, 0.05) is 0 Å². The van der Waals surface area contributed by atoms with E-state index in [0.29, 0.717) is 36.1 Å². The quantitative estimate of drug-likeness (QED) is 0.455. The zero-order chi connectivity index (χ0) is 19.9. The number of para-hydroxylation sites is 1. The van der Waals surface area contributed by atoms with E-state index in [1.54, 1.807) is 25.1 Å². The largest absolute Gasteiger partial charge is 0.507 e. The van der Waals surface area contributed by atoms with Gasteiger partial charge in [-0.25, -0.2) is 0 Å². The Hall–Kier alpha value is -2.80. The van der Waals surface area contributed by atoms with E-state index < -0.39 is 0 Å². The lowest BCUT2D eigenvalue weighted by molar-refractivity contribution is -0.142. The van der Waals surface area contributed by atoms with Gasteiger partial charge in [-0.1, -0.05) is 61.2 Å². The van der Waals surface area contributed by atoms with Crippen molar-refractivity contribution in [3.63, 3.8) is 0 Å². The van der Waals surface area contributed by atoms with Gasteiger partial charge in [-0.05, 0) is 31.0 Å². The summed E-state index contributed by atoms with van der Waals surface area (Å²) in [5, 5.41) is 19.2. The number of benzene rings is 2. The average Bonchev–Trinajstić information content (AvgIpc) is 3.09. The molecule has 0 saturated heterocycles. The van der Waals surface area contributed by atoms with Crippen LogP contribution in [0.25, 0.3) is 11.4 Å². The molecule has 28 heavy (non-hydrogen) atoms. The summed E-state index contributed by atoms with van der Waals surface area (Å²) in [6.45, 7) is 4.61. The van der Waals surface area contributed by atoms with E-state index >= 15 is 0 Å². The summed E-state index contributed by atoms with van der Waals surface area (Å²) in [6.07, 6.45) is 0.619. The number of hydrogen-bond acceptors (Lipinski definition) is 6. The van der Waals surface area contributed by atoms with Gasteiger partial charge >= 0.3 is 5.97 Å². The normalized spacial score (nSPS) is 11.9. The third kappa shape index (κ3) is 4.54. The SMILES string of the molecule is CCOC(=O)[C@@H](CC)Sc1nnc(-c2ccccc2O)n1Cc1ccccc1. The van der Waals surface area contributed by atoms with Crippen LogP contribution in [0.2, 0.25) is 0 Å². The minimum absolute atomic E-state index is 0.137. The van der Waals surface area contributed by atoms with Crippen LogP contribution in [0.15, 0.2) is 59.8 Å². The second-order valence-corrected chi connectivity index (χ2v) is 7.33. The molecule has 1 aromatic heterocycles. The number of phenols is 1. The van der Waals surface area contributed by atoms with Crippen LogP contribution in [0.3, 0.4) is 0 Å². The lowest BCUT2D eigenvalue weighted by Gasteiger charge is -2.15. The molecule has 0 saturated carbocycles. The number of carbonyl (C=O) groups is 1. The average molecular weight is 398 g/mol. The van der Waals surface area contributed by atoms with E-state index in [0.717, 1.165) is 5.56 Å². The number of rotatable bonds is 8. The number of phenolic OH excluding ortho intramolecular Hbond substituents is 1. The van der Waals surface area contributed by atoms with Crippen molar-refractivity contribution in [2.45, 2.75) is 37.2 Å². The molecule has 3 aromatic rings. The Morgan fingerprint density at radius 3 is 2.50 bits per heavy atom. The highest BCUT2D eigenvalue weighted by Crippen LogP contribution is 2.33. The third-order valence-corrected chi connectivity index (χ3v) is 5.54. The van der Waals surface area contributed by atoms with E-state index in [-0.39, 0.29) is 17.0 Å². The Bertz CT molecular complexity index is 928. The van der Waals surface area contributed by atoms with Gasteiger partial charge < -0.3 is 9.84 Å². The van der Waals surface area contributed by atoms with Crippen LogP contribution in [-0.4, -0.2) is 37.7 Å². The highest BCUT2D eigenvalue weighted by molar-refractivity contribution is 8.00. The lowest BCUT2D eigenvalue weighted by Crippen LogP contribution is -2.20. The van der Waals surface area contributed by atoms with Gasteiger partial charge in [-0.15, -0.1) is 10.2 Å². The van der Waals surface area contributed by atoms with Crippen LogP contribution in [0.4, 0.5) is 0 Å². The summed E-state index contributed by atoms with van der Waals surface area (Å²) in [4.78, 5) is 12.2. The zero-order valence-electron chi connectivity index (χ0n) is 15.9. The number of aromatic hydroxyl groups is 1. The maximum absolute atomic E-state index is 12.2. The Balaban J connectivity index is 2.00. The van der Waals surface area contributed by atoms with Crippen molar-refractivity contribution >= 4 is 17.7 Å². The molecule has 0 unspecified atom stereocenters. The van der Waals surface area contributed by atoms with Crippen LogP contribution in [0.5, 0.6) is 5.75 Å². The van der Waals surface area contributed by atoms with Crippen molar-refractivity contribution in [2.75, 3.05) is 6.61 Å². The van der Waals surface area contributed by atoms with Gasteiger partial charge in [0.1, 0.15) is 11.0 Å². The molecule has 0 aliphatic heterocycles. The number of nitrogens with zero attached hydrogens (tertiary/aromatic N) is 3. The maximum atomic E-state index is 12.2. The molecule has 0 bridgehead atoms. The van der Waals surface area contributed by atoms with Gasteiger partial charge in [0.2, 0.25) is 0 Å². The fraction of sp³-hybridized carbons (Fsp3) is 0.286. The van der Waals surface area contributed by atoms with Crippen molar-refractivity contribution in [1.29, 1.82) is 0 Å². The number of aromatic nitrogens is 3. The summed E-state index contributed by atoms with van der Waals surface area (Å²) >= 11 is 1.34. The Morgan fingerprint density at radius 2 is 1.82 bits per heavy atom. The Kier molecular flexibility index (Phi) is 6.71. The molecule has 3 rings (SSSR count). The van der Waals surface area contributed by atoms with E-state index in [2.05, 4.69) is 10.2 Å². The van der Waals surface area contributed by atoms with Crippen LogP contribution < -0.4 is 0 Å². The first kappa shape index (κ1) is 19.9. The van der Waals surface area contributed by atoms with Crippen LogP contribution >= 0.6 is 11.8 Å². The molecule has 2 aromatic carbocycles. The van der Waals surface area contributed by atoms with E-state index in [4.69, 9.17) is 4.74 Å². The molecule has 6 nitrogen and oxygen atoms in total. The molecular formula is C21H23N3O3S. The molecule has 0 amide bonds. The molecule has 0 fully saturated rings. The molecule has 146 valence electrons. The minimum Gasteiger partial charge on any atom is -0.507 e. The van der Waals surface area contributed by atoms with Gasteiger partial charge in [0.15, 0.2) is 11.0 Å². The number of carbonyl (C=O) groups excluding carboxylic acids is 1. The smallest absolute Gasteiger partial charge is 0.319 e. The fourth-order valence-electron chi connectivity index (χ4n) is 2.81. The number of hydrogen-bond donors (Lipinski definition) is 1. The van der Waals surface area contributed by atoms with E-state index in [9.17, 15) is 9.90 Å². The molecule has 0 radical (unpaired) electrons. The first-order valence-electron chi connectivity index (χ1n) is 9.22. The summed E-state index contributed by atoms with van der Waals surface area (Å²) in [7, 11) is 0. The van der Waals surface area contributed by atoms with E-state index in [1.165, 1.54) is 11.8 Å². The second-order valence-electron chi connectivity index (χ2n) is 6.16. The third-order valence-electron chi connectivity index (χ3n) is 4.21. The molecule has 7 heteroatoms. The first-order valence-corrected chi connectivity index (χ1v) is 10.1. The predicted octanol–water partition coefficient (Wildman–Crippen LogP) is 4.13. The highest BCUT2D eigenvalue weighted by Gasteiger charge is 2.24.